The monoisotopic (exact) mass is 222 g/mol. The molecular formula is C12H22N4. The van der Waals surface area contributed by atoms with Crippen LogP contribution in [0.1, 0.15) is 38.9 Å². The van der Waals surface area contributed by atoms with Gasteiger partial charge in [0.25, 0.3) is 0 Å². The molecule has 1 heterocycles. The molecule has 1 rings (SSSR count). The molecule has 0 amide bonds. The topological polar surface area (TPSA) is 49.8 Å². The molecule has 0 spiro atoms. The van der Waals surface area contributed by atoms with Crippen LogP contribution in [0.3, 0.4) is 0 Å². The van der Waals surface area contributed by atoms with E-state index in [2.05, 4.69) is 34.4 Å². The first-order valence-corrected chi connectivity index (χ1v) is 6.09. The van der Waals surface area contributed by atoms with Crippen LogP contribution in [-0.2, 0) is 6.42 Å². The Bertz CT molecular complexity index is 290. The smallest absolute Gasteiger partial charge is 0.132 e. The first-order valence-electron chi connectivity index (χ1n) is 6.09. The van der Waals surface area contributed by atoms with E-state index in [9.17, 15) is 0 Å². The number of aryl methyl sites for hydroxylation is 1. The fourth-order valence-corrected chi connectivity index (χ4v) is 1.47. The van der Waals surface area contributed by atoms with E-state index >= 15 is 0 Å². The molecule has 0 aliphatic heterocycles. The summed E-state index contributed by atoms with van der Waals surface area (Å²) in [4.78, 5) is 8.79. The number of rotatable bonds is 7. The van der Waals surface area contributed by atoms with E-state index in [0.717, 1.165) is 30.4 Å². The second kappa shape index (κ2) is 7.04. The summed E-state index contributed by atoms with van der Waals surface area (Å²) in [6, 6.07) is 1.95. The third-order valence-corrected chi connectivity index (χ3v) is 2.43. The molecule has 4 heteroatoms. The van der Waals surface area contributed by atoms with Gasteiger partial charge in [-0.15, -0.1) is 0 Å². The van der Waals surface area contributed by atoms with Gasteiger partial charge in [-0.2, -0.15) is 0 Å². The predicted molar refractivity (Wildman–Crippen MR) is 69.0 cm³/mol. The molecule has 2 N–H and O–H groups in total. The van der Waals surface area contributed by atoms with E-state index in [0.29, 0.717) is 0 Å². The Hall–Kier alpha value is -1.32. The van der Waals surface area contributed by atoms with Gasteiger partial charge in [0.05, 0.1) is 0 Å². The fraction of sp³-hybridized carbons (Fsp3) is 0.667. The summed E-state index contributed by atoms with van der Waals surface area (Å²) in [7, 11) is 1.88. The standard InChI is InChI=1S/C12H22N4/c1-4-6-7-8-14-12-9-11(13-3)15-10(5-2)16-12/h9H,4-8H2,1-3H3,(H2,13,14,15,16). The molecule has 0 saturated carbocycles. The second-order valence-electron chi connectivity index (χ2n) is 3.79. The summed E-state index contributed by atoms with van der Waals surface area (Å²) in [5.41, 5.74) is 0. The predicted octanol–water partition coefficient (Wildman–Crippen LogP) is 2.68. The maximum atomic E-state index is 4.44. The van der Waals surface area contributed by atoms with Gasteiger partial charge in [0.1, 0.15) is 17.5 Å². The molecule has 0 aromatic carbocycles. The molecule has 0 atom stereocenters. The number of nitrogens with one attached hydrogen (secondary N) is 2. The van der Waals surface area contributed by atoms with E-state index in [1.807, 2.05) is 13.1 Å². The summed E-state index contributed by atoms with van der Waals surface area (Å²) in [6.45, 7) is 5.26. The van der Waals surface area contributed by atoms with Crippen molar-refractivity contribution in [2.24, 2.45) is 0 Å². The largest absolute Gasteiger partial charge is 0.373 e. The summed E-state index contributed by atoms with van der Waals surface area (Å²) in [5, 5.41) is 6.39. The zero-order chi connectivity index (χ0) is 11.8. The minimum absolute atomic E-state index is 0.860. The Kier molecular flexibility index (Phi) is 5.61. The maximum Gasteiger partial charge on any atom is 0.132 e. The Morgan fingerprint density at radius 2 is 1.88 bits per heavy atom. The van der Waals surface area contributed by atoms with Crippen LogP contribution in [0.5, 0.6) is 0 Å². The van der Waals surface area contributed by atoms with Crippen LogP contribution in [0.15, 0.2) is 6.07 Å². The van der Waals surface area contributed by atoms with Crippen molar-refractivity contribution in [2.45, 2.75) is 39.5 Å². The first kappa shape index (κ1) is 12.7. The summed E-state index contributed by atoms with van der Waals surface area (Å²) in [5.74, 6) is 2.68. The molecule has 1 aromatic rings. The number of unbranched alkanes of at least 4 members (excludes halogenated alkanes) is 2. The van der Waals surface area contributed by atoms with Crippen LogP contribution >= 0.6 is 0 Å². The molecule has 0 aliphatic carbocycles. The van der Waals surface area contributed by atoms with Gasteiger partial charge in [0.15, 0.2) is 0 Å². The van der Waals surface area contributed by atoms with Crippen molar-refractivity contribution in [3.05, 3.63) is 11.9 Å². The minimum atomic E-state index is 0.860. The highest BCUT2D eigenvalue weighted by molar-refractivity contribution is 5.47. The van der Waals surface area contributed by atoms with Gasteiger partial charge < -0.3 is 10.6 Å². The van der Waals surface area contributed by atoms with Crippen LogP contribution in [0.2, 0.25) is 0 Å². The SMILES string of the molecule is CCCCCNc1cc(NC)nc(CC)n1. The van der Waals surface area contributed by atoms with Crippen molar-refractivity contribution in [1.82, 2.24) is 9.97 Å². The number of aromatic nitrogens is 2. The quantitative estimate of drug-likeness (QED) is 0.696. The van der Waals surface area contributed by atoms with Crippen molar-refractivity contribution in [2.75, 3.05) is 24.2 Å². The third-order valence-electron chi connectivity index (χ3n) is 2.43. The van der Waals surface area contributed by atoms with Gasteiger partial charge in [-0.25, -0.2) is 9.97 Å². The molecule has 4 nitrogen and oxygen atoms in total. The lowest BCUT2D eigenvalue weighted by Crippen LogP contribution is -2.07. The van der Waals surface area contributed by atoms with Gasteiger partial charge in [-0.05, 0) is 6.42 Å². The van der Waals surface area contributed by atoms with Crippen LogP contribution in [0, 0.1) is 0 Å². The summed E-state index contributed by atoms with van der Waals surface area (Å²) >= 11 is 0. The van der Waals surface area contributed by atoms with Crippen LogP contribution < -0.4 is 10.6 Å². The fourth-order valence-electron chi connectivity index (χ4n) is 1.47. The van der Waals surface area contributed by atoms with Crippen molar-refractivity contribution >= 4 is 11.6 Å². The second-order valence-corrected chi connectivity index (χ2v) is 3.79. The summed E-state index contributed by atoms with van der Waals surface area (Å²) < 4.78 is 0. The zero-order valence-electron chi connectivity index (χ0n) is 10.5. The normalized spacial score (nSPS) is 10.2. The van der Waals surface area contributed by atoms with Crippen molar-refractivity contribution in [1.29, 1.82) is 0 Å². The molecule has 16 heavy (non-hydrogen) atoms. The number of hydrogen-bond acceptors (Lipinski definition) is 4. The Balaban J connectivity index is 2.57. The van der Waals surface area contributed by atoms with Crippen molar-refractivity contribution < 1.29 is 0 Å². The Morgan fingerprint density at radius 3 is 2.50 bits per heavy atom. The highest BCUT2D eigenvalue weighted by Gasteiger charge is 2.01. The van der Waals surface area contributed by atoms with E-state index in [1.54, 1.807) is 0 Å². The molecule has 0 fully saturated rings. The summed E-state index contributed by atoms with van der Waals surface area (Å²) in [6.07, 6.45) is 4.56. The van der Waals surface area contributed by atoms with E-state index in [4.69, 9.17) is 0 Å². The molecule has 0 unspecified atom stereocenters. The molecule has 0 radical (unpaired) electrons. The Labute approximate surface area is 97.9 Å². The van der Waals surface area contributed by atoms with Crippen LogP contribution in [0.25, 0.3) is 0 Å². The molecule has 0 saturated heterocycles. The Morgan fingerprint density at radius 1 is 1.12 bits per heavy atom. The lowest BCUT2D eigenvalue weighted by molar-refractivity contribution is 0.741. The minimum Gasteiger partial charge on any atom is -0.373 e. The van der Waals surface area contributed by atoms with Gasteiger partial charge in [0.2, 0.25) is 0 Å². The lowest BCUT2D eigenvalue weighted by atomic mass is 10.2. The number of anilines is 2. The molecule has 1 aromatic heterocycles. The van der Waals surface area contributed by atoms with E-state index < -0.39 is 0 Å². The molecular weight excluding hydrogens is 200 g/mol. The van der Waals surface area contributed by atoms with Gasteiger partial charge >= 0.3 is 0 Å². The van der Waals surface area contributed by atoms with Gasteiger partial charge in [-0.3, -0.25) is 0 Å². The lowest BCUT2D eigenvalue weighted by Gasteiger charge is -2.08. The number of nitrogens with zero attached hydrogens (tertiary/aromatic N) is 2. The molecule has 0 aliphatic rings. The average Bonchev–Trinajstić information content (AvgIpc) is 2.34. The zero-order valence-corrected chi connectivity index (χ0v) is 10.5. The first-order chi connectivity index (χ1) is 7.80. The third kappa shape index (κ3) is 4.04. The maximum absolute atomic E-state index is 4.44. The van der Waals surface area contributed by atoms with E-state index in [1.165, 1.54) is 19.3 Å². The number of hydrogen-bond donors (Lipinski definition) is 2. The van der Waals surface area contributed by atoms with Crippen molar-refractivity contribution in [3.63, 3.8) is 0 Å². The van der Waals surface area contributed by atoms with Crippen molar-refractivity contribution in [3.8, 4) is 0 Å². The molecule has 0 bridgehead atoms. The molecule has 90 valence electrons. The van der Waals surface area contributed by atoms with Crippen LogP contribution in [0.4, 0.5) is 11.6 Å². The van der Waals surface area contributed by atoms with Gasteiger partial charge in [-0.1, -0.05) is 26.7 Å². The highest BCUT2D eigenvalue weighted by atomic mass is 15.1. The average molecular weight is 222 g/mol. The van der Waals surface area contributed by atoms with Crippen LogP contribution in [-0.4, -0.2) is 23.6 Å². The highest BCUT2D eigenvalue weighted by Crippen LogP contribution is 2.11. The van der Waals surface area contributed by atoms with Gasteiger partial charge in [0, 0.05) is 26.1 Å². The van der Waals surface area contributed by atoms with E-state index in [-0.39, 0.29) is 0 Å².